The molecule has 1 aromatic rings. The molecule has 0 radical (unpaired) electrons. The minimum atomic E-state index is -0.315. The van der Waals surface area contributed by atoms with Crippen LogP contribution in [0.25, 0.3) is 0 Å². The van der Waals surface area contributed by atoms with Gasteiger partial charge in [0, 0.05) is 51.7 Å². The molecule has 6 nitrogen and oxygen atoms in total. The van der Waals surface area contributed by atoms with Gasteiger partial charge in [0.15, 0.2) is 0 Å². The molecular formula is C17H24FN5O. The third-order valence-corrected chi connectivity index (χ3v) is 5.60. The van der Waals surface area contributed by atoms with E-state index in [1.165, 1.54) is 12.3 Å². The first kappa shape index (κ1) is 15.6. The van der Waals surface area contributed by atoms with E-state index in [1.807, 2.05) is 4.90 Å². The number of urea groups is 1. The molecule has 4 heterocycles. The second kappa shape index (κ2) is 6.20. The Morgan fingerprint density at radius 2 is 1.96 bits per heavy atom. The summed E-state index contributed by atoms with van der Waals surface area (Å²) in [4.78, 5) is 25.6. The number of nitrogens with zero attached hydrogens (tertiary/aromatic N) is 5. The van der Waals surface area contributed by atoms with Crippen molar-refractivity contribution in [1.82, 2.24) is 19.7 Å². The summed E-state index contributed by atoms with van der Waals surface area (Å²) in [5.74, 6) is 0.982. The van der Waals surface area contributed by atoms with Crippen molar-refractivity contribution in [1.29, 1.82) is 0 Å². The third kappa shape index (κ3) is 2.81. The Kier molecular flexibility index (Phi) is 4.04. The average molecular weight is 333 g/mol. The number of likely N-dealkylation sites (N-methyl/N-ethyl adjacent to an activating group) is 1. The molecular weight excluding hydrogens is 309 g/mol. The summed E-state index contributed by atoms with van der Waals surface area (Å²) in [5.41, 5.74) is 0. The molecule has 3 aliphatic heterocycles. The maximum atomic E-state index is 13.1. The van der Waals surface area contributed by atoms with Crippen molar-refractivity contribution >= 4 is 11.8 Å². The lowest BCUT2D eigenvalue weighted by Crippen LogP contribution is -2.53. The lowest BCUT2D eigenvalue weighted by molar-refractivity contribution is 0.119. The zero-order valence-corrected chi connectivity index (χ0v) is 14.1. The molecule has 3 aliphatic rings. The Morgan fingerprint density at radius 3 is 2.67 bits per heavy atom. The summed E-state index contributed by atoms with van der Waals surface area (Å²) in [5, 5.41) is 0. The number of carbonyl (C=O) groups excluding carboxylic acids is 1. The molecule has 0 spiro atoms. The smallest absolute Gasteiger partial charge is 0.320 e. The fourth-order valence-electron chi connectivity index (χ4n) is 4.12. The molecule has 0 aliphatic carbocycles. The van der Waals surface area contributed by atoms with E-state index in [2.05, 4.69) is 26.7 Å². The summed E-state index contributed by atoms with van der Waals surface area (Å²) < 4.78 is 13.1. The molecule has 2 atom stereocenters. The van der Waals surface area contributed by atoms with Crippen molar-refractivity contribution in [3.05, 3.63) is 24.1 Å². The number of hydrogen-bond donors (Lipinski definition) is 0. The first-order valence-corrected chi connectivity index (χ1v) is 8.72. The van der Waals surface area contributed by atoms with Crippen molar-refractivity contribution in [2.45, 2.75) is 12.5 Å². The van der Waals surface area contributed by atoms with Crippen molar-refractivity contribution < 1.29 is 9.18 Å². The van der Waals surface area contributed by atoms with E-state index < -0.39 is 0 Å². The van der Waals surface area contributed by atoms with Crippen LogP contribution in [-0.2, 0) is 0 Å². The molecule has 0 N–H and O–H groups in total. The predicted octanol–water partition coefficient (Wildman–Crippen LogP) is 1.10. The zero-order chi connectivity index (χ0) is 16.7. The van der Waals surface area contributed by atoms with Crippen LogP contribution in [0.3, 0.4) is 0 Å². The van der Waals surface area contributed by atoms with E-state index in [-0.39, 0.29) is 17.9 Å². The number of hydrogen-bond acceptors (Lipinski definition) is 4. The normalized spacial score (nSPS) is 27.7. The van der Waals surface area contributed by atoms with E-state index in [9.17, 15) is 9.18 Å². The van der Waals surface area contributed by atoms with Gasteiger partial charge in [-0.25, -0.2) is 14.2 Å². The van der Waals surface area contributed by atoms with Gasteiger partial charge in [0.05, 0.1) is 12.2 Å². The number of carbonyl (C=O) groups is 1. The van der Waals surface area contributed by atoms with E-state index >= 15 is 0 Å². The minimum absolute atomic E-state index is 0.185. The van der Waals surface area contributed by atoms with Crippen LogP contribution in [0, 0.1) is 11.7 Å². The Morgan fingerprint density at radius 1 is 1.17 bits per heavy atom. The van der Waals surface area contributed by atoms with Gasteiger partial charge in [-0.15, -0.1) is 0 Å². The van der Waals surface area contributed by atoms with Gasteiger partial charge in [-0.3, -0.25) is 0 Å². The highest BCUT2D eigenvalue weighted by Crippen LogP contribution is 2.34. The number of rotatable bonds is 1. The number of anilines is 1. The van der Waals surface area contributed by atoms with Crippen molar-refractivity contribution in [3.63, 3.8) is 0 Å². The predicted molar refractivity (Wildman–Crippen MR) is 89.5 cm³/mol. The fourth-order valence-corrected chi connectivity index (χ4v) is 4.12. The van der Waals surface area contributed by atoms with Crippen LogP contribution in [-0.4, -0.2) is 84.6 Å². The van der Waals surface area contributed by atoms with Gasteiger partial charge < -0.3 is 19.6 Å². The molecule has 3 fully saturated rings. The van der Waals surface area contributed by atoms with Crippen LogP contribution in [0.2, 0.25) is 0 Å². The zero-order valence-electron chi connectivity index (χ0n) is 14.1. The summed E-state index contributed by atoms with van der Waals surface area (Å²) >= 11 is 0. The third-order valence-electron chi connectivity index (χ3n) is 5.60. The molecule has 2 unspecified atom stereocenters. The molecule has 1 aromatic heterocycles. The average Bonchev–Trinajstić information content (AvgIpc) is 3.16. The number of halogens is 1. The topological polar surface area (TPSA) is 42.9 Å². The van der Waals surface area contributed by atoms with Crippen molar-refractivity contribution in [2.75, 3.05) is 57.8 Å². The molecule has 0 aromatic carbocycles. The number of likely N-dealkylation sites (tertiary alicyclic amines) is 1. The van der Waals surface area contributed by atoms with Crippen LogP contribution in [0.15, 0.2) is 18.3 Å². The number of pyridine rings is 1. The Hall–Kier alpha value is -1.89. The monoisotopic (exact) mass is 333 g/mol. The highest BCUT2D eigenvalue weighted by atomic mass is 19.1. The molecule has 4 rings (SSSR count). The summed E-state index contributed by atoms with van der Waals surface area (Å²) in [6.07, 6.45) is 2.30. The maximum absolute atomic E-state index is 13.1. The first-order chi connectivity index (χ1) is 11.6. The van der Waals surface area contributed by atoms with Crippen LogP contribution in [0.4, 0.5) is 15.0 Å². The molecule has 7 heteroatoms. The van der Waals surface area contributed by atoms with E-state index in [4.69, 9.17) is 0 Å². The number of amides is 2. The van der Waals surface area contributed by atoms with E-state index in [0.717, 1.165) is 58.1 Å². The Labute approximate surface area is 141 Å². The van der Waals surface area contributed by atoms with Gasteiger partial charge >= 0.3 is 6.03 Å². The van der Waals surface area contributed by atoms with E-state index in [1.54, 1.807) is 6.07 Å². The molecule has 2 amide bonds. The Bertz CT molecular complexity index is 602. The first-order valence-electron chi connectivity index (χ1n) is 8.72. The molecule has 130 valence electrons. The number of fused-ring (bicyclic) bond motifs is 1. The number of piperazine rings is 1. The summed E-state index contributed by atoms with van der Waals surface area (Å²) in [6.45, 7) is 6.06. The minimum Gasteiger partial charge on any atom is -0.354 e. The van der Waals surface area contributed by atoms with Gasteiger partial charge in [-0.1, -0.05) is 0 Å². The SMILES string of the molecule is CN1CCN(C(=O)N2CCC3CN(c4ccc(F)cn4)CC32)CC1. The van der Waals surface area contributed by atoms with Gasteiger partial charge in [0.2, 0.25) is 0 Å². The van der Waals surface area contributed by atoms with E-state index in [0.29, 0.717) is 5.92 Å². The van der Waals surface area contributed by atoms with Crippen molar-refractivity contribution in [2.24, 2.45) is 5.92 Å². The summed E-state index contributed by atoms with van der Waals surface area (Å²) in [6, 6.07) is 3.61. The Balaban J connectivity index is 1.42. The second-order valence-corrected chi connectivity index (χ2v) is 7.12. The highest BCUT2D eigenvalue weighted by molar-refractivity contribution is 5.75. The van der Waals surface area contributed by atoms with Gasteiger partial charge in [-0.05, 0) is 25.6 Å². The highest BCUT2D eigenvalue weighted by Gasteiger charge is 2.44. The molecule has 3 saturated heterocycles. The quantitative estimate of drug-likeness (QED) is 0.772. The lowest BCUT2D eigenvalue weighted by atomic mass is 10.1. The largest absolute Gasteiger partial charge is 0.354 e. The van der Waals surface area contributed by atoms with Crippen LogP contribution in [0.1, 0.15) is 6.42 Å². The maximum Gasteiger partial charge on any atom is 0.320 e. The lowest BCUT2D eigenvalue weighted by Gasteiger charge is -2.36. The van der Waals surface area contributed by atoms with Crippen LogP contribution < -0.4 is 4.90 Å². The molecule has 0 bridgehead atoms. The standard InChI is InChI=1S/C17H24FN5O/c1-20-6-8-21(9-7-20)17(24)23-5-4-13-11-22(12-15(13)23)16-3-2-14(18)10-19-16/h2-3,10,13,15H,4-9,11-12H2,1H3. The summed E-state index contributed by atoms with van der Waals surface area (Å²) in [7, 11) is 2.10. The van der Waals surface area contributed by atoms with Crippen LogP contribution in [0.5, 0.6) is 0 Å². The molecule has 24 heavy (non-hydrogen) atoms. The van der Waals surface area contributed by atoms with Crippen molar-refractivity contribution in [3.8, 4) is 0 Å². The van der Waals surface area contributed by atoms with Crippen LogP contribution >= 0.6 is 0 Å². The van der Waals surface area contributed by atoms with Gasteiger partial charge in [-0.2, -0.15) is 0 Å². The van der Waals surface area contributed by atoms with Gasteiger partial charge in [0.1, 0.15) is 11.6 Å². The second-order valence-electron chi connectivity index (χ2n) is 7.12. The molecule has 0 saturated carbocycles. The van der Waals surface area contributed by atoms with Gasteiger partial charge in [0.25, 0.3) is 0 Å². The number of aromatic nitrogens is 1. The fraction of sp³-hybridized carbons (Fsp3) is 0.647.